The van der Waals surface area contributed by atoms with Crippen LogP contribution in [0.2, 0.25) is 5.02 Å². The number of hydrogen-bond donors (Lipinski definition) is 2. The number of aryl methyl sites for hydroxylation is 1. The monoisotopic (exact) mass is 533 g/mol. The first-order valence-electron chi connectivity index (χ1n) is 13.5. The van der Waals surface area contributed by atoms with Crippen LogP contribution in [0.4, 0.5) is 11.6 Å². The number of fused-ring (bicyclic) bond motifs is 3. The number of carboxylic acids is 1. The number of hydrogen-bond acceptors (Lipinski definition) is 6. The molecular formula is C29H32ClN5O3. The van der Waals surface area contributed by atoms with Gasteiger partial charge in [0, 0.05) is 65.3 Å². The number of aromatic nitrogens is 3. The minimum Gasteiger partial charge on any atom is -0.478 e. The molecule has 3 aliphatic rings. The highest BCUT2D eigenvalue weighted by Gasteiger charge is 2.49. The van der Waals surface area contributed by atoms with Crippen molar-refractivity contribution in [2.75, 3.05) is 22.9 Å². The minimum atomic E-state index is -0.985. The zero-order valence-corrected chi connectivity index (χ0v) is 22.3. The first-order valence-corrected chi connectivity index (χ1v) is 13.9. The van der Waals surface area contributed by atoms with Crippen molar-refractivity contribution in [3.63, 3.8) is 0 Å². The summed E-state index contributed by atoms with van der Waals surface area (Å²) in [6, 6.07) is 7.48. The largest absolute Gasteiger partial charge is 0.478 e. The topological polar surface area (TPSA) is 102 Å². The first kappa shape index (κ1) is 24.9. The molecule has 2 aliphatic heterocycles. The molecule has 2 atom stereocenters. The van der Waals surface area contributed by atoms with Crippen LogP contribution in [0.5, 0.6) is 0 Å². The number of carboxylic acid groups (broad SMARTS) is 1. The van der Waals surface area contributed by atoms with Gasteiger partial charge in [-0.3, -0.25) is 14.8 Å². The lowest BCUT2D eigenvalue weighted by atomic mass is 9.71. The summed E-state index contributed by atoms with van der Waals surface area (Å²) in [6.07, 6.45) is 9.94. The maximum absolute atomic E-state index is 12.9. The Labute approximate surface area is 226 Å². The summed E-state index contributed by atoms with van der Waals surface area (Å²) in [5, 5.41) is 10.2. The summed E-state index contributed by atoms with van der Waals surface area (Å²) in [7, 11) is 0. The van der Waals surface area contributed by atoms with Crippen LogP contribution < -0.4 is 15.4 Å². The normalized spacial score (nSPS) is 22.4. The van der Waals surface area contributed by atoms with Crippen LogP contribution in [0, 0.1) is 0 Å². The van der Waals surface area contributed by atoms with Crippen molar-refractivity contribution in [1.82, 2.24) is 15.0 Å². The number of pyridine rings is 1. The van der Waals surface area contributed by atoms with E-state index in [0.717, 1.165) is 86.1 Å². The van der Waals surface area contributed by atoms with Gasteiger partial charge in [-0.25, -0.2) is 9.78 Å². The van der Waals surface area contributed by atoms with Gasteiger partial charge in [-0.1, -0.05) is 24.6 Å². The van der Waals surface area contributed by atoms with E-state index in [0.29, 0.717) is 17.5 Å². The lowest BCUT2D eigenvalue weighted by Crippen LogP contribution is -2.51. The summed E-state index contributed by atoms with van der Waals surface area (Å²) >= 11 is 6.88. The van der Waals surface area contributed by atoms with Gasteiger partial charge in [0.15, 0.2) is 0 Å². The lowest BCUT2D eigenvalue weighted by molar-refractivity contribution is 0.0697. The summed E-state index contributed by atoms with van der Waals surface area (Å²) < 4.78 is 0. The van der Waals surface area contributed by atoms with Crippen LogP contribution in [0.25, 0.3) is 0 Å². The van der Waals surface area contributed by atoms with Crippen molar-refractivity contribution in [2.45, 2.75) is 69.9 Å². The number of anilines is 2. The van der Waals surface area contributed by atoms with Gasteiger partial charge in [-0.05, 0) is 68.7 Å². The van der Waals surface area contributed by atoms with E-state index in [2.05, 4.69) is 26.7 Å². The highest BCUT2D eigenvalue weighted by molar-refractivity contribution is 6.32. The summed E-state index contributed by atoms with van der Waals surface area (Å²) in [6.45, 7) is 4.28. The molecule has 2 N–H and O–H groups in total. The Morgan fingerprint density at radius 3 is 2.89 bits per heavy atom. The fraction of sp³-hybridized carbons (Fsp3) is 0.448. The second kappa shape index (κ2) is 9.73. The summed E-state index contributed by atoms with van der Waals surface area (Å²) in [4.78, 5) is 41.6. The Morgan fingerprint density at radius 2 is 2.13 bits per heavy atom. The standard InChI is InChI=1S/C29H32ClN5O3/c1-2-20-14-29(9-11-35(20)28-32-23-8-4-3-7-21(23)26(36)33-28)17-34(16-18-6-5-10-31-15-18)24-13-19(27(37)38)12-22(30)25(24)29/h5-6,10,12-13,15,20H,2-4,7-9,11,14,16-17H2,1H3,(H,37,38)(H,32,33,36). The molecule has 1 aromatic carbocycles. The highest BCUT2D eigenvalue weighted by Crippen LogP contribution is 2.52. The van der Waals surface area contributed by atoms with E-state index in [4.69, 9.17) is 16.6 Å². The molecule has 1 saturated heterocycles. The van der Waals surface area contributed by atoms with Crippen molar-refractivity contribution in [1.29, 1.82) is 0 Å². The fourth-order valence-electron chi connectivity index (χ4n) is 6.79. The van der Waals surface area contributed by atoms with Crippen molar-refractivity contribution < 1.29 is 9.90 Å². The molecule has 9 heteroatoms. The van der Waals surface area contributed by atoms with Gasteiger partial charge >= 0.3 is 5.97 Å². The van der Waals surface area contributed by atoms with Crippen LogP contribution in [-0.2, 0) is 24.8 Å². The van der Waals surface area contributed by atoms with E-state index in [1.165, 1.54) is 0 Å². The SMILES string of the molecule is CCC1CC2(CCN1c1nc3c(c(=O)[nH]1)CCCC3)CN(Cc1cccnc1)c1cc(C(=O)O)cc(Cl)c12. The molecule has 0 radical (unpaired) electrons. The molecule has 2 unspecified atom stereocenters. The van der Waals surface area contributed by atoms with Crippen LogP contribution in [-0.4, -0.2) is 45.2 Å². The third-order valence-corrected chi connectivity index (χ3v) is 8.90. The van der Waals surface area contributed by atoms with E-state index >= 15 is 0 Å². The van der Waals surface area contributed by atoms with Gasteiger partial charge in [0.2, 0.25) is 5.95 Å². The number of aromatic carboxylic acids is 1. The third-order valence-electron chi connectivity index (χ3n) is 8.60. The molecule has 2 aromatic heterocycles. The number of carbonyl (C=O) groups is 1. The maximum Gasteiger partial charge on any atom is 0.335 e. The molecule has 38 heavy (non-hydrogen) atoms. The molecular weight excluding hydrogens is 502 g/mol. The molecule has 0 saturated carbocycles. The number of benzene rings is 1. The van der Waals surface area contributed by atoms with Crippen molar-refractivity contribution in [3.05, 3.63) is 80.0 Å². The average molecular weight is 534 g/mol. The van der Waals surface area contributed by atoms with E-state index in [-0.39, 0.29) is 22.6 Å². The molecule has 6 rings (SSSR count). The van der Waals surface area contributed by atoms with E-state index in [1.54, 1.807) is 18.3 Å². The quantitative estimate of drug-likeness (QED) is 0.488. The number of halogens is 1. The number of nitrogens with zero attached hydrogens (tertiary/aromatic N) is 4. The number of aromatic amines is 1. The molecule has 3 aromatic rings. The van der Waals surface area contributed by atoms with Gasteiger partial charge in [0.05, 0.1) is 11.3 Å². The van der Waals surface area contributed by atoms with Crippen molar-refractivity contribution >= 4 is 29.2 Å². The number of H-pyrrole nitrogens is 1. The summed E-state index contributed by atoms with van der Waals surface area (Å²) in [5.74, 6) is -0.309. The second-order valence-electron chi connectivity index (χ2n) is 10.9. The smallest absolute Gasteiger partial charge is 0.335 e. The lowest BCUT2D eigenvalue weighted by Gasteiger charge is -2.46. The van der Waals surface area contributed by atoms with Crippen LogP contribution in [0.1, 0.15) is 71.8 Å². The number of nitrogens with one attached hydrogen (secondary N) is 1. The predicted octanol–water partition coefficient (Wildman–Crippen LogP) is 4.73. The molecule has 1 spiro atoms. The Hall–Kier alpha value is -3.39. The Morgan fingerprint density at radius 1 is 1.29 bits per heavy atom. The summed E-state index contributed by atoms with van der Waals surface area (Å²) in [5.41, 5.74) is 4.76. The predicted molar refractivity (Wildman–Crippen MR) is 148 cm³/mol. The number of piperidine rings is 1. The second-order valence-corrected chi connectivity index (χ2v) is 11.3. The van der Waals surface area contributed by atoms with Crippen molar-refractivity contribution in [3.8, 4) is 0 Å². The third kappa shape index (κ3) is 4.25. The van der Waals surface area contributed by atoms with Crippen LogP contribution in [0.3, 0.4) is 0 Å². The molecule has 1 fully saturated rings. The average Bonchev–Trinajstić information content (AvgIpc) is 3.21. The molecule has 1 aliphatic carbocycles. The zero-order valence-electron chi connectivity index (χ0n) is 21.5. The van der Waals surface area contributed by atoms with Crippen LogP contribution >= 0.6 is 11.6 Å². The van der Waals surface area contributed by atoms with E-state index < -0.39 is 5.97 Å². The molecule has 0 bridgehead atoms. The Balaban J connectivity index is 1.37. The van der Waals surface area contributed by atoms with E-state index in [9.17, 15) is 14.7 Å². The van der Waals surface area contributed by atoms with Gasteiger partial charge < -0.3 is 14.9 Å². The minimum absolute atomic E-state index is 0.00191. The molecule has 198 valence electrons. The zero-order chi connectivity index (χ0) is 26.4. The number of rotatable bonds is 5. The molecule has 4 heterocycles. The molecule has 0 amide bonds. The first-order chi connectivity index (χ1) is 18.4. The van der Waals surface area contributed by atoms with Gasteiger partial charge in [-0.15, -0.1) is 0 Å². The van der Waals surface area contributed by atoms with Gasteiger partial charge in [-0.2, -0.15) is 0 Å². The maximum atomic E-state index is 12.9. The van der Waals surface area contributed by atoms with Crippen molar-refractivity contribution in [2.24, 2.45) is 0 Å². The molecule has 8 nitrogen and oxygen atoms in total. The highest BCUT2D eigenvalue weighted by atomic mass is 35.5. The Kier molecular flexibility index (Phi) is 6.38. The fourth-order valence-corrected chi connectivity index (χ4v) is 7.21. The Bertz CT molecular complexity index is 1440. The van der Waals surface area contributed by atoms with E-state index in [1.807, 2.05) is 18.3 Å². The van der Waals surface area contributed by atoms with Crippen LogP contribution in [0.15, 0.2) is 41.5 Å². The van der Waals surface area contributed by atoms with Gasteiger partial charge in [0.25, 0.3) is 5.56 Å². The van der Waals surface area contributed by atoms with Gasteiger partial charge in [0.1, 0.15) is 0 Å².